The van der Waals surface area contributed by atoms with E-state index in [9.17, 15) is 0 Å². The van der Waals surface area contributed by atoms with E-state index >= 15 is 0 Å². The van der Waals surface area contributed by atoms with Gasteiger partial charge in [0.1, 0.15) is 0 Å². The van der Waals surface area contributed by atoms with Gasteiger partial charge < -0.3 is 0 Å². The molecule has 0 heterocycles. The molecule has 0 fully saturated rings. The van der Waals surface area contributed by atoms with Gasteiger partial charge in [0.15, 0.2) is 0 Å². The Balaban J connectivity index is 3.69. The van der Waals surface area contributed by atoms with Crippen LogP contribution >= 0.6 is 0 Å². The maximum Gasteiger partial charge on any atom is 0.0334 e. The smallest absolute Gasteiger partial charge is 0.0334 e. The molecule has 0 aliphatic carbocycles. The summed E-state index contributed by atoms with van der Waals surface area (Å²) in [5.41, 5.74) is 0.957. The minimum absolute atomic E-state index is 0.644. The third kappa shape index (κ3) is 7.04. The first-order valence-electron chi connectivity index (χ1n) is 4.00. The van der Waals surface area contributed by atoms with E-state index in [0.29, 0.717) is 5.92 Å². The maximum absolute atomic E-state index is 4.15. The first-order chi connectivity index (χ1) is 5.16. The monoisotopic (exact) mass is 151 g/mol. The first-order valence-corrected chi connectivity index (χ1v) is 4.00. The summed E-state index contributed by atoms with van der Waals surface area (Å²) in [6, 6.07) is 0. The van der Waals surface area contributed by atoms with Crippen LogP contribution in [-0.4, -0.2) is 6.21 Å². The summed E-state index contributed by atoms with van der Waals surface area (Å²) in [5, 5.41) is 0. The second kappa shape index (κ2) is 5.90. The van der Waals surface area contributed by atoms with Crippen LogP contribution in [0, 0.1) is 5.92 Å². The van der Waals surface area contributed by atoms with Gasteiger partial charge in [-0.2, -0.15) is 0 Å². The number of rotatable bonds is 4. The van der Waals surface area contributed by atoms with Gasteiger partial charge in [-0.25, -0.2) is 0 Å². The van der Waals surface area contributed by atoms with E-state index in [0.717, 1.165) is 12.1 Å². The third-order valence-electron chi connectivity index (χ3n) is 1.18. The Hall–Kier alpha value is -0.850. The number of allylic oxidation sites excluding steroid dienone is 3. The standard InChI is InChI=1S/C10H17N/c1-5-6-7-11-10(4)8-9(2)3/h5-7,9H,4,8H2,1-3H3/b6-5-,11-7?. The fraction of sp³-hybridized carbons (Fsp3) is 0.500. The molecule has 11 heavy (non-hydrogen) atoms. The highest BCUT2D eigenvalue weighted by atomic mass is 14.7. The van der Waals surface area contributed by atoms with Gasteiger partial charge >= 0.3 is 0 Å². The number of nitrogens with zero attached hydrogens (tertiary/aromatic N) is 1. The Labute approximate surface area is 69.5 Å². The van der Waals surface area contributed by atoms with Crippen LogP contribution < -0.4 is 0 Å². The molecule has 0 aromatic rings. The summed E-state index contributed by atoms with van der Waals surface area (Å²) in [4.78, 5) is 4.15. The zero-order chi connectivity index (χ0) is 8.69. The fourth-order valence-electron chi connectivity index (χ4n) is 0.758. The van der Waals surface area contributed by atoms with Crippen molar-refractivity contribution in [2.45, 2.75) is 27.2 Å². The highest BCUT2D eigenvalue weighted by Crippen LogP contribution is 2.08. The molecule has 0 atom stereocenters. The van der Waals surface area contributed by atoms with Gasteiger partial charge in [-0.1, -0.05) is 26.5 Å². The average Bonchev–Trinajstić information content (AvgIpc) is 1.86. The van der Waals surface area contributed by atoms with E-state index < -0.39 is 0 Å². The lowest BCUT2D eigenvalue weighted by Crippen LogP contribution is -1.87. The molecule has 0 rings (SSSR count). The number of hydrogen-bond acceptors (Lipinski definition) is 1. The van der Waals surface area contributed by atoms with Gasteiger partial charge in [0, 0.05) is 11.9 Å². The Kier molecular flexibility index (Phi) is 5.44. The summed E-state index contributed by atoms with van der Waals surface area (Å²) < 4.78 is 0. The van der Waals surface area contributed by atoms with Crippen molar-refractivity contribution >= 4 is 6.21 Å². The van der Waals surface area contributed by atoms with Crippen LogP contribution in [0.25, 0.3) is 0 Å². The lowest BCUT2D eigenvalue weighted by Gasteiger charge is -2.01. The largest absolute Gasteiger partial charge is 0.262 e. The molecule has 1 heteroatoms. The molecule has 0 aliphatic rings. The van der Waals surface area contributed by atoms with E-state index in [-0.39, 0.29) is 0 Å². The molecular formula is C10H17N. The van der Waals surface area contributed by atoms with E-state index in [4.69, 9.17) is 0 Å². The SMILES string of the molecule is C=C(CC(C)C)N=C/C=C\C. The zero-order valence-corrected chi connectivity index (χ0v) is 7.67. The molecule has 0 spiro atoms. The summed E-state index contributed by atoms with van der Waals surface area (Å²) in [6.45, 7) is 10.1. The second-order valence-electron chi connectivity index (χ2n) is 2.97. The quantitative estimate of drug-likeness (QED) is 0.547. The van der Waals surface area contributed by atoms with Gasteiger partial charge in [0.2, 0.25) is 0 Å². The predicted octanol–water partition coefficient (Wildman–Crippen LogP) is 3.19. The molecule has 0 radical (unpaired) electrons. The highest BCUT2D eigenvalue weighted by Gasteiger charge is 1.94. The summed E-state index contributed by atoms with van der Waals surface area (Å²) in [5.74, 6) is 0.644. The maximum atomic E-state index is 4.15. The average molecular weight is 151 g/mol. The van der Waals surface area contributed by atoms with Crippen LogP contribution in [-0.2, 0) is 0 Å². The minimum atomic E-state index is 0.644. The summed E-state index contributed by atoms with van der Waals surface area (Å²) in [7, 11) is 0. The van der Waals surface area contributed by atoms with Gasteiger partial charge in [0.25, 0.3) is 0 Å². The minimum Gasteiger partial charge on any atom is -0.262 e. The fourth-order valence-corrected chi connectivity index (χ4v) is 0.758. The van der Waals surface area contributed by atoms with Crippen molar-refractivity contribution in [1.82, 2.24) is 0 Å². The van der Waals surface area contributed by atoms with E-state index in [1.54, 1.807) is 6.21 Å². The van der Waals surface area contributed by atoms with Gasteiger partial charge in [-0.3, -0.25) is 4.99 Å². The Bertz CT molecular complexity index is 164. The van der Waals surface area contributed by atoms with Crippen molar-refractivity contribution in [3.63, 3.8) is 0 Å². The third-order valence-corrected chi connectivity index (χ3v) is 1.18. The van der Waals surface area contributed by atoms with Gasteiger partial charge in [0.05, 0.1) is 0 Å². The van der Waals surface area contributed by atoms with Gasteiger partial charge in [-0.15, -0.1) is 0 Å². The Morgan fingerprint density at radius 2 is 2.18 bits per heavy atom. The lowest BCUT2D eigenvalue weighted by molar-refractivity contribution is 0.640. The predicted molar refractivity (Wildman–Crippen MR) is 51.9 cm³/mol. The molecule has 0 aromatic carbocycles. The topological polar surface area (TPSA) is 12.4 Å². The normalized spacial score (nSPS) is 12.0. The Morgan fingerprint density at radius 1 is 1.55 bits per heavy atom. The van der Waals surface area contributed by atoms with Crippen LogP contribution in [0.1, 0.15) is 27.2 Å². The Morgan fingerprint density at radius 3 is 2.64 bits per heavy atom. The lowest BCUT2D eigenvalue weighted by atomic mass is 10.1. The molecule has 0 bridgehead atoms. The van der Waals surface area contributed by atoms with Crippen LogP contribution in [0.4, 0.5) is 0 Å². The molecule has 0 saturated carbocycles. The van der Waals surface area contributed by atoms with Crippen molar-refractivity contribution in [2.24, 2.45) is 10.9 Å². The zero-order valence-electron chi connectivity index (χ0n) is 7.67. The summed E-state index contributed by atoms with van der Waals surface area (Å²) >= 11 is 0. The molecule has 0 unspecified atom stereocenters. The molecule has 62 valence electrons. The van der Waals surface area contributed by atoms with Crippen LogP contribution in [0.2, 0.25) is 0 Å². The number of aliphatic imine (C=N–C) groups is 1. The van der Waals surface area contributed by atoms with Crippen molar-refractivity contribution in [2.75, 3.05) is 0 Å². The highest BCUT2D eigenvalue weighted by molar-refractivity contribution is 5.71. The molecule has 0 amide bonds. The van der Waals surface area contributed by atoms with Crippen LogP contribution in [0.15, 0.2) is 29.4 Å². The van der Waals surface area contributed by atoms with E-state index in [2.05, 4.69) is 25.4 Å². The molecule has 0 saturated heterocycles. The molecular weight excluding hydrogens is 134 g/mol. The van der Waals surface area contributed by atoms with E-state index in [1.807, 2.05) is 19.1 Å². The summed E-state index contributed by atoms with van der Waals surface area (Å²) in [6.07, 6.45) is 6.62. The van der Waals surface area contributed by atoms with Crippen molar-refractivity contribution < 1.29 is 0 Å². The molecule has 0 N–H and O–H groups in total. The van der Waals surface area contributed by atoms with Crippen LogP contribution in [0.3, 0.4) is 0 Å². The molecule has 0 aromatic heterocycles. The molecule has 0 aliphatic heterocycles. The van der Waals surface area contributed by atoms with Crippen LogP contribution in [0.5, 0.6) is 0 Å². The van der Waals surface area contributed by atoms with Crippen molar-refractivity contribution in [1.29, 1.82) is 0 Å². The second-order valence-corrected chi connectivity index (χ2v) is 2.97. The molecule has 1 nitrogen and oxygen atoms in total. The number of hydrogen-bond donors (Lipinski definition) is 0. The van der Waals surface area contributed by atoms with Crippen molar-refractivity contribution in [3.8, 4) is 0 Å². The van der Waals surface area contributed by atoms with Gasteiger partial charge in [-0.05, 0) is 25.3 Å². The van der Waals surface area contributed by atoms with Crippen molar-refractivity contribution in [3.05, 3.63) is 24.4 Å². The van der Waals surface area contributed by atoms with E-state index in [1.165, 1.54) is 0 Å². The first kappa shape index (κ1) is 10.2.